The van der Waals surface area contributed by atoms with E-state index in [-0.39, 0.29) is 71.4 Å². The summed E-state index contributed by atoms with van der Waals surface area (Å²) in [6.45, 7) is -0.496. The van der Waals surface area contributed by atoms with Crippen molar-refractivity contribution in [2.24, 2.45) is 0 Å². The molecule has 3 atom stereocenters. The van der Waals surface area contributed by atoms with E-state index >= 15 is 0 Å². The number of nitrogens with one attached hydrogen (secondary N) is 3. The maximum Gasteiger partial charge on any atom is 1.00 e. The third kappa shape index (κ3) is 8.94. The second-order valence-corrected chi connectivity index (χ2v) is 9.95. The number of rotatable bonds is 12. The van der Waals surface area contributed by atoms with Crippen molar-refractivity contribution in [3.8, 4) is 0 Å². The van der Waals surface area contributed by atoms with Crippen molar-refractivity contribution in [3.63, 3.8) is 0 Å². The molecule has 1 aromatic carbocycles. The van der Waals surface area contributed by atoms with Gasteiger partial charge in [0.1, 0.15) is 29.6 Å². The zero-order valence-corrected chi connectivity index (χ0v) is 25.3. The Labute approximate surface area is 264 Å². The molecule has 1 fully saturated rings. The second kappa shape index (κ2) is 15.8. The van der Waals surface area contributed by atoms with E-state index in [0.29, 0.717) is 0 Å². The van der Waals surface area contributed by atoms with Crippen molar-refractivity contribution in [3.05, 3.63) is 47.2 Å². The average molecular weight is 619 g/mol. The van der Waals surface area contributed by atoms with Crippen LogP contribution in [0.2, 0.25) is 0 Å². The fourth-order valence-corrected chi connectivity index (χ4v) is 5.32. The van der Waals surface area contributed by atoms with Crippen LogP contribution in [0.4, 0.5) is 4.79 Å². The van der Waals surface area contributed by atoms with Crippen LogP contribution in [0.15, 0.2) is 41.6 Å². The minimum Gasteiger partial charge on any atom is -0.548 e. The van der Waals surface area contributed by atoms with Crippen LogP contribution < -0.4 is 50.6 Å². The number of imide groups is 1. The third-order valence-electron chi connectivity index (χ3n) is 5.83. The number of benzene rings is 1. The van der Waals surface area contributed by atoms with E-state index in [1.54, 1.807) is 18.2 Å². The Morgan fingerprint density at radius 3 is 2.44 bits per heavy atom. The normalized spacial score (nSPS) is 18.1. The van der Waals surface area contributed by atoms with Gasteiger partial charge < -0.3 is 30.4 Å². The number of carboxylic acids is 2. The van der Waals surface area contributed by atoms with E-state index in [1.165, 1.54) is 12.1 Å². The number of thioether (sulfide) groups is 1. The number of β-lactam (4-membered cyclic amide) rings is 1. The van der Waals surface area contributed by atoms with Crippen molar-refractivity contribution in [1.29, 1.82) is 0 Å². The van der Waals surface area contributed by atoms with Gasteiger partial charge in [0.2, 0.25) is 11.8 Å². The van der Waals surface area contributed by atoms with Gasteiger partial charge in [-0.25, -0.2) is 9.59 Å². The monoisotopic (exact) mass is 618 g/mol. The molecule has 2 heterocycles. The van der Waals surface area contributed by atoms with Gasteiger partial charge in [-0.05, 0) is 25.0 Å². The molecule has 0 radical (unpaired) electrons. The molecule has 17 heteroatoms. The number of carbonyl (C=O) groups is 7. The van der Waals surface area contributed by atoms with Gasteiger partial charge in [0.05, 0.1) is 12.0 Å². The molecule has 1 aromatic rings. The number of hydrogen-bond acceptors (Lipinski definition) is 10. The van der Waals surface area contributed by atoms with Crippen molar-refractivity contribution in [1.82, 2.24) is 20.9 Å². The first-order valence-electron chi connectivity index (χ1n) is 11.8. The molecule has 1 saturated heterocycles. The first kappa shape index (κ1) is 34.1. The zero-order chi connectivity index (χ0) is 29.4. The van der Waals surface area contributed by atoms with Crippen LogP contribution >= 0.6 is 23.4 Å². The van der Waals surface area contributed by atoms with Crippen LogP contribution in [-0.4, -0.2) is 87.4 Å². The average Bonchev–Trinajstić information content (AvgIpc) is 2.93. The van der Waals surface area contributed by atoms with Gasteiger partial charge in [-0.2, -0.15) is 0 Å². The molecule has 2 aliphatic rings. The fraction of sp³-hybridized carbons (Fsp3) is 0.375. The summed E-state index contributed by atoms with van der Waals surface area (Å²) in [7, 11) is 0. The number of nitrogens with zero attached hydrogens (tertiary/aromatic N) is 1. The maximum atomic E-state index is 12.7. The summed E-state index contributed by atoms with van der Waals surface area (Å²) in [6, 6.07) is 5.61. The molecule has 3 rings (SSSR count). The number of ether oxygens (including phenoxy) is 1. The topological polar surface area (TPSA) is 211 Å². The number of carbonyl (C=O) groups excluding carboxylic acids is 6. The predicted octanol–water partition coefficient (Wildman–Crippen LogP) is -4.06. The van der Waals surface area contributed by atoms with Gasteiger partial charge in [-0.1, -0.05) is 18.2 Å². The van der Waals surface area contributed by atoms with E-state index in [9.17, 15) is 43.8 Å². The molecule has 0 aliphatic carbocycles. The quantitative estimate of drug-likeness (QED) is 0.101. The molecular weight excluding hydrogens is 595 g/mol. The Hall–Kier alpha value is -3.11. The summed E-state index contributed by atoms with van der Waals surface area (Å²) in [5.74, 6) is -6.04. The predicted molar refractivity (Wildman–Crippen MR) is 136 cm³/mol. The number of halogens is 1. The van der Waals surface area contributed by atoms with Crippen LogP contribution in [0.3, 0.4) is 0 Å². The van der Waals surface area contributed by atoms with Gasteiger partial charge in [0.15, 0.2) is 0 Å². The van der Waals surface area contributed by atoms with E-state index in [0.717, 1.165) is 16.7 Å². The minimum absolute atomic E-state index is 0. The molecule has 2 aliphatic heterocycles. The summed E-state index contributed by atoms with van der Waals surface area (Å²) in [5, 5.41) is 27.1. The van der Waals surface area contributed by atoms with Gasteiger partial charge in [-0.3, -0.25) is 29.4 Å². The van der Waals surface area contributed by atoms with E-state index in [2.05, 4.69) is 10.6 Å². The number of carboxylic acid groups (broad SMARTS) is 2. The Morgan fingerprint density at radius 2 is 1.83 bits per heavy atom. The number of hydrogen-bond donors (Lipinski definition) is 4. The van der Waals surface area contributed by atoms with Crippen LogP contribution in [-0.2, 0) is 28.7 Å². The summed E-state index contributed by atoms with van der Waals surface area (Å²) in [5.41, 5.74) is -0.00777. The fourth-order valence-electron chi connectivity index (χ4n) is 3.92. The molecule has 4 N–H and O–H groups in total. The van der Waals surface area contributed by atoms with Gasteiger partial charge in [-0.15, -0.1) is 23.4 Å². The van der Waals surface area contributed by atoms with Crippen molar-refractivity contribution in [2.45, 2.75) is 36.7 Å². The second-order valence-electron chi connectivity index (χ2n) is 8.57. The SMILES string of the molecule is O=C(CCl)NC(=O)OCC1=C(C(=O)O)N2C(=O)[C@@H](NC(=O)CCC[C@@H](NC(=O)c3ccccc3)C(=O)[O-])[C@H]2SC1.[Na+]. The van der Waals surface area contributed by atoms with E-state index in [1.807, 2.05) is 5.32 Å². The molecule has 0 aromatic heterocycles. The Morgan fingerprint density at radius 1 is 1.15 bits per heavy atom. The largest absolute Gasteiger partial charge is 1.00 e. The van der Waals surface area contributed by atoms with Crippen molar-refractivity contribution in [2.75, 3.05) is 18.2 Å². The first-order valence-corrected chi connectivity index (χ1v) is 13.4. The Balaban J connectivity index is 0.00000588. The first-order chi connectivity index (χ1) is 19.0. The molecule has 0 unspecified atom stereocenters. The van der Waals surface area contributed by atoms with Crippen LogP contribution in [0.5, 0.6) is 0 Å². The van der Waals surface area contributed by atoms with Crippen molar-refractivity contribution >= 4 is 65.0 Å². The smallest absolute Gasteiger partial charge is 0.548 e. The van der Waals surface area contributed by atoms with Crippen LogP contribution in [0, 0.1) is 0 Å². The van der Waals surface area contributed by atoms with Crippen LogP contribution in [0.1, 0.15) is 29.6 Å². The summed E-state index contributed by atoms with van der Waals surface area (Å²) in [6.07, 6.45) is -1.34. The van der Waals surface area contributed by atoms with Crippen molar-refractivity contribution < 1.29 is 78.1 Å². The molecule has 5 amide bonds. The third-order valence-corrected chi connectivity index (χ3v) is 7.41. The zero-order valence-electron chi connectivity index (χ0n) is 21.7. The van der Waals surface area contributed by atoms with Gasteiger partial charge in [0, 0.05) is 23.3 Å². The van der Waals surface area contributed by atoms with E-state index < -0.39 is 71.6 Å². The number of amides is 5. The molecule has 214 valence electrons. The number of alkyl halides is 1. The van der Waals surface area contributed by atoms with Gasteiger partial charge >= 0.3 is 41.6 Å². The molecule has 0 saturated carbocycles. The molecule has 14 nitrogen and oxygen atoms in total. The number of fused-ring (bicyclic) bond motifs is 1. The maximum absolute atomic E-state index is 12.7. The molecule has 0 bridgehead atoms. The minimum atomic E-state index is -1.51. The number of aliphatic carboxylic acids is 2. The van der Waals surface area contributed by atoms with Gasteiger partial charge in [0.25, 0.3) is 11.8 Å². The summed E-state index contributed by atoms with van der Waals surface area (Å²) in [4.78, 5) is 84.5. The van der Waals surface area contributed by atoms with E-state index in [4.69, 9.17) is 16.3 Å². The standard InChI is InChI=1S/C24H25ClN4O10S.Na/c25-9-16(31)28-24(38)39-10-13-11-40-21-17(20(33)29(21)18(13)23(36)37)27-15(30)8-4-7-14(22(34)35)26-19(32)12-5-2-1-3-6-12;/h1-3,5-6,14,17,21H,4,7-11H2,(H,26,32)(H,27,30)(H,34,35)(H,36,37)(H,28,31,38);/q;+1/p-1/t14-,17-,21-;/m1./s1. The molecular formula is C24H24ClN4NaO10S. The Kier molecular flexibility index (Phi) is 13.1. The number of alkyl carbamates (subject to hydrolysis) is 1. The molecule has 0 spiro atoms. The molecule has 41 heavy (non-hydrogen) atoms. The summed E-state index contributed by atoms with van der Waals surface area (Å²) >= 11 is 6.43. The Bertz CT molecular complexity index is 1250. The van der Waals surface area contributed by atoms with Crippen LogP contribution in [0.25, 0.3) is 0 Å². The summed E-state index contributed by atoms with van der Waals surface area (Å²) < 4.78 is 4.85.